The Bertz CT molecular complexity index is 880. The second kappa shape index (κ2) is 7.40. The molecular weight excluding hydrogens is 345 g/mol. The Hall–Kier alpha value is -2.79. The highest BCUT2D eigenvalue weighted by molar-refractivity contribution is 6.33. The second-order valence-electron chi connectivity index (χ2n) is 5.49. The minimum absolute atomic E-state index is 0.0340. The molecule has 0 bridgehead atoms. The Morgan fingerprint density at radius 3 is 2.60 bits per heavy atom. The molecule has 0 saturated heterocycles. The Balaban J connectivity index is 1.92. The van der Waals surface area contributed by atoms with Crippen LogP contribution in [0.3, 0.4) is 0 Å². The van der Waals surface area contributed by atoms with Crippen molar-refractivity contribution in [1.29, 1.82) is 0 Å². The fourth-order valence-electron chi connectivity index (χ4n) is 2.47. The Kier molecular flexibility index (Phi) is 5.05. The first-order valence-electron chi connectivity index (χ1n) is 7.58. The van der Waals surface area contributed by atoms with Crippen LogP contribution in [0.4, 0.5) is 4.39 Å². The first-order valence-corrected chi connectivity index (χ1v) is 7.96. The van der Waals surface area contributed by atoms with E-state index in [2.05, 4.69) is 0 Å². The predicted molar refractivity (Wildman–Crippen MR) is 91.8 cm³/mol. The third kappa shape index (κ3) is 4.00. The lowest BCUT2D eigenvalue weighted by atomic mass is 10.1. The van der Waals surface area contributed by atoms with Crippen LogP contribution >= 0.6 is 11.6 Å². The molecule has 3 aromatic rings. The number of rotatable bonds is 5. The zero-order chi connectivity index (χ0) is 17.8. The van der Waals surface area contributed by atoms with Crippen LogP contribution in [0.15, 0.2) is 65.3 Å². The van der Waals surface area contributed by atoms with Crippen LogP contribution in [0.2, 0.25) is 5.02 Å². The topological polar surface area (TPSA) is 53.7 Å². The zero-order valence-corrected chi connectivity index (χ0v) is 13.9. The van der Waals surface area contributed by atoms with E-state index < -0.39 is 5.82 Å². The summed E-state index contributed by atoms with van der Waals surface area (Å²) in [6, 6.07) is 13.9. The third-order valence-corrected chi connectivity index (χ3v) is 4.04. The van der Waals surface area contributed by atoms with Crippen molar-refractivity contribution in [2.75, 3.05) is 0 Å². The molecule has 0 unspecified atom stereocenters. The average Bonchev–Trinajstić information content (AvgIpc) is 3.09. The Morgan fingerprint density at radius 1 is 1.12 bits per heavy atom. The highest BCUT2D eigenvalue weighted by Crippen LogP contribution is 2.24. The number of benzene rings is 2. The van der Waals surface area contributed by atoms with E-state index in [0.717, 1.165) is 6.07 Å². The van der Waals surface area contributed by atoms with E-state index in [1.165, 1.54) is 23.3 Å². The van der Waals surface area contributed by atoms with Gasteiger partial charge in [-0.3, -0.25) is 4.79 Å². The van der Waals surface area contributed by atoms with E-state index in [1.807, 2.05) is 0 Å². The lowest BCUT2D eigenvalue weighted by Gasteiger charge is -2.23. The van der Waals surface area contributed by atoms with Gasteiger partial charge in [0.15, 0.2) is 0 Å². The van der Waals surface area contributed by atoms with Crippen molar-refractivity contribution in [2.45, 2.75) is 13.1 Å². The molecule has 25 heavy (non-hydrogen) atoms. The quantitative estimate of drug-likeness (QED) is 0.723. The number of carbonyl (C=O) groups is 1. The molecular formula is C19H15ClFNO3. The van der Waals surface area contributed by atoms with E-state index in [4.69, 9.17) is 16.0 Å². The lowest BCUT2D eigenvalue weighted by molar-refractivity contribution is 0.0717. The van der Waals surface area contributed by atoms with Gasteiger partial charge in [0.25, 0.3) is 5.91 Å². The van der Waals surface area contributed by atoms with Gasteiger partial charge in [-0.1, -0.05) is 29.8 Å². The summed E-state index contributed by atoms with van der Waals surface area (Å²) in [7, 11) is 0. The molecule has 6 heteroatoms. The molecule has 0 spiro atoms. The summed E-state index contributed by atoms with van der Waals surface area (Å²) < 4.78 is 18.6. The number of phenols is 1. The van der Waals surface area contributed by atoms with Crippen molar-refractivity contribution in [1.82, 2.24) is 4.90 Å². The normalized spacial score (nSPS) is 10.6. The SMILES string of the molecule is O=C(c1ccc(F)cc1Cl)N(Cc1ccco1)Cc1ccccc1O. The highest BCUT2D eigenvalue weighted by atomic mass is 35.5. The summed E-state index contributed by atoms with van der Waals surface area (Å²) >= 11 is 6.02. The summed E-state index contributed by atoms with van der Waals surface area (Å²) in [5.74, 6) is -0.226. The minimum Gasteiger partial charge on any atom is -0.508 e. The number of hydrogen-bond donors (Lipinski definition) is 1. The first kappa shape index (κ1) is 17.0. The van der Waals surface area contributed by atoms with Gasteiger partial charge in [0, 0.05) is 5.56 Å². The van der Waals surface area contributed by atoms with Gasteiger partial charge in [-0.05, 0) is 36.4 Å². The summed E-state index contributed by atoms with van der Waals surface area (Å²) in [6.07, 6.45) is 1.52. The molecule has 128 valence electrons. The number of para-hydroxylation sites is 1. The molecule has 1 heterocycles. The molecule has 0 aliphatic carbocycles. The van der Waals surface area contributed by atoms with Crippen molar-refractivity contribution in [3.8, 4) is 5.75 Å². The van der Waals surface area contributed by atoms with Crippen molar-refractivity contribution in [2.24, 2.45) is 0 Å². The monoisotopic (exact) mass is 359 g/mol. The van der Waals surface area contributed by atoms with Crippen molar-refractivity contribution in [3.63, 3.8) is 0 Å². The number of hydrogen-bond acceptors (Lipinski definition) is 3. The summed E-state index contributed by atoms with van der Waals surface area (Å²) in [5, 5.41) is 10.0. The smallest absolute Gasteiger partial charge is 0.256 e. The standard InChI is InChI=1S/C19H15ClFNO3/c20-17-10-14(21)7-8-16(17)19(24)22(12-15-5-3-9-25-15)11-13-4-1-2-6-18(13)23/h1-10,23H,11-12H2. The number of furan rings is 1. The van der Waals surface area contributed by atoms with Crippen LogP contribution in [0.5, 0.6) is 5.75 Å². The van der Waals surface area contributed by atoms with Crippen LogP contribution in [0.1, 0.15) is 21.7 Å². The van der Waals surface area contributed by atoms with Gasteiger partial charge >= 0.3 is 0 Å². The van der Waals surface area contributed by atoms with Gasteiger partial charge in [-0.2, -0.15) is 0 Å². The fraction of sp³-hybridized carbons (Fsp3) is 0.105. The summed E-state index contributed by atoms with van der Waals surface area (Å²) in [4.78, 5) is 14.4. The summed E-state index contributed by atoms with van der Waals surface area (Å²) in [6.45, 7) is 0.341. The zero-order valence-electron chi connectivity index (χ0n) is 13.2. The number of amides is 1. The molecule has 3 rings (SSSR count). The Labute approximate surface area is 149 Å². The molecule has 0 saturated carbocycles. The molecule has 0 fully saturated rings. The van der Waals surface area contributed by atoms with Gasteiger partial charge in [-0.15, -0.1) is 0 Å². The number of carbonyl (C=O) groups excluding carboxylic acids is 1. The van der Waals surface area contributed by atoms with E-state index in [-0.39, 0.29) is 35.3 Å². The van der Waals surface area contributed by atoms with Crippen molar-refractivity contribution < 1.29 is 18.7 Å². The number of phenolic OH excluding ortho intramolecular Hbond substituents is 1. The summed E-state index contributed by atoms with van der Waals surface area (Å²) in [5.41, 5.74) is 0.769. The van der Waals surface area contributed by atoms with Gasteiger partial charge in [-0.25, -0.2) is 4.39 Å². The fourth-order valence-corrected chi connectivity index (χ4v) is 2.72. The maximum atomic E-state index is 13.3. The first-order chi connectivity index (χ1) is 12.0. The van der Waals surface area contributed by atoms with Crippen LogP contribution in [-0.2, 0) is 13.1 Å². The van der Waals surface area contributed by atoms with E-state index in [0.29, 0.717) is 11.3 Å². The third-order valence-electron chi connectivity index (χ3n) is 3.73. The van der Waals surface area contributed by atoms with E-state index in [1.54, 1.807) is 36.4 Å². The van der Waals surface area contributed by atoms with E-state index >= 15 is 0 Å². The Morgan fingerprint density at radius 2 is 1.92 bits per heavy atom. The van der Waals surface area contributed by atoms with Crippen LogP contribution in [0.25, 0.3) is 0 Å². The molecule has 4 nitrogen and oxygen atoms in total. The number of halogens is 2. The lowest BCUT2D eigenvalue weighted by Crippen LogP contribution is -2.30. The predicted octanol–water partition coefficient (Wildman–Crippen LogP) is 4.62. The largest absolute Gasteiger partial charge is 0.508 e. The molecule has 1 amide bonds. The molecule has 0 atom stereocenters. The van der Waals surface area contributed by atoms with E-state index in [9.17, 15) is 14.3 Å². The molecule has 1 aromatic heterocycles. The van der Waals surface area contributed by atoms with Crippen molar-refractivity contribution >= 4 is 17.5 Å². The van der Waals surface area contributed by atoms with Crippen LogP contribution in [0, 0.1) is 5.82 Å². The van der Waals surface area contributed by atoms with Gasteiger partial charge in [0.05, 0.1) is 29.9 Å². The molecule has 1 N–H and O–H groups in total. The maximum absolute atomic E-state index is 13.3. The van der Waals surface area contributed by atoms with Gasteiger partial charge < -0.3 is 14.4 Å². The molecule has 0 aliphatic heterocycles. The number of nitrogens with zero attached hydrogens (tertiary/aromatic N) is 1. The molecule has 0 radical (unpaired) electrons. The number of aromatic hydroxyl groups is 1. The van der Waals surface area contributed by atoms with Gasteiger partial charge in [0.2, 0.25) is 0 Å². The van der Waals surface area contributed by atoms with Crippen LogP contribution < -0.4 is 0 Å². The van der Waals surface area contributed by atoms with Crippen LogP contribution in [-0.4, -0.2) is 15.9 Å². The molecule has 0 aliphatic rings. The highest BCUT2D eigenvalue weighted by Gasteiger charge is 2.21. The maximum Gasteiger partial charge on any atom is 0.256 e. The second-order valence-corrected chi connectivity index (χ2v) is 5.90. The van der Waals surface area contributed by atoms with Crippen molar-refractivity contribution in [3.05, 3.63) is 88.6 Å². The average molecular weight is 360 g/mol. The minimum atomic E-state index is -0.514. The molecule has 2 aromatic carbocycles. The van der Waals surface area contributed by atoms with Gasteiger partial charge in [0.1, 0.15) is 17.3 Å².